The summed E-state index contributed by atoms with van der Waals surface area (Å²) in [4.78, 5) is 11.7. The lowest BCUT2D eigenvalue weighted by atomic mass is 10.1. The van der Waals surface area contributed by atoms with Gasteiger partial charge in [-0.2, -0.15) is 0 Å². The Balaban J connectivity index is 1.66. The standard InChI is InChI=1S/C19H23NO3/c1-2-15-8-10-17(11-9-15)23-14-19(22)20-13-12-18(21)16-6-4-3-5-7-16/h3-11,18,21H,2,12-14H2,1H3,(H,20,22). The largest absolute Gasteiger partial charge is 0.484 e. The minimum absolute atomic E-state index is 0.0209. The summed E-state index contributed by atoms with van der Waals surface area (Å²) in [5.74, 6) is 0.492. The molecule has 0 radical (unpaired) electrons. The summed E-state index contributed by atoms with van der Waals surface area (Å²) in [6.45, 7) is 2.48. The Kier molecular flexibility index (Phi) is 6.63. The highest BCUT2D eigenvalue weighted by Crippen LogP contribution is 2.15. The summed E-state index contributed by atoms with van der Waals surface area (Å²) in [6.07, 6.45) is 0.879. The Bertz CT molecular complexity index is 596. The number of carbonyl (C=O) groups is 1. The van der Waals surface area contributed by atoms with Gasteiger partial charge in [0.05, 0.1) is 6.10 Å². The first-order valence-corrected chi connectivity index (χ1v) is 7.90. The van der Waals surface area contributed by atoms with E-state index in [0.717, 1.165) is 12.0 Å². The van der Waals surface area contributed by atoms with Crippen molar-refractivity contribution in [2.24, 2.45) is 0 Å². The molecule has 23 heavy (non-hydrogen) atoms. The van der Waals surface area contributed by atoms with Crippen LogP contribution in [0.5, 0.6) is 5.75 Å². The van der Waals surface area contributed by atoms with Gasteiger partial charge in [0, 0.05) is 6.54 Å². The van der Waals surface area contributed by atoms with Crippen LogP contribution >= 0.6 is 0 Å². The zero-order chi connectivity index (χ0) is 16.5. The van der Waals surface area contributed by atoms with Crippen LogP contribution < -0.4 is 10.1 Å². The number of benzene rings is 2. The van der Waals surface area contributed by atoms with Crippen molar-refractivity contribution in [3.8, 4) is 5.75 Å². The van der Waals surface area contributed by atoms with E-state index in [1.807, 2.05) is 54.6 Å². The second kappa shape index (κ2) is 8.96. The molecule has 2 N–H and O–H groups in total. The van der Waals surface area contributed by atoms with Crippen molar-refractivity contribution in [3.05, 3.63) is 65.7 Å². The van der Waals surface area contributed by atoms with Gasteiger partial charge in [-0.3, -0.25) is 4.79 Å². The van der Waals surface area contributed by atoms with Crippen molar-refractivity contribution >= 4 is 5.91 Å². The summed E-state index contributed by atoms with van der Waals surface area (Å²) in [5.41, 5.74) is 2.09. The van der Waals surface area contributed by atoms with Crippen LogP contribution in [0.2, 0.25) is 0 Å². The maximum atomic E-state index is 11.7. The van der Waals surface area contributed by atoms with Gasteiger partial charge in [0.1, 0.15) is 5.75 Å². The lowest BCUT2D eigenvalue weighted by molar-refractivity contribution is -0.123. The summed E-state index contributed by atoms with van der Waals surface area (Å²) in [6, 6.07) is 17.1. The van der Waals surface area contributed by atoms with E-state index in [2.05, 4.69) is 12.2 Å². The number of hydrogen-bond acceptors (Lipinski definition) is 3. The van der Waals surface area contributed by atoms with Gasteiger partial charge in [-0.1, -0.05) is 49.4 Å². The first-order chi connectivity index (χ1) is 11.2. The van der Waals surface area contributed by atoms with Crippen LogP contribution in [0.25, 0.3) is 0 Å². The van der Waals surface area contributed by atoms with Gasteiger partial charge in [0.25, 0.3) is 5.91 Å². The van der Waals surface area contributed by atoms with E-state index in [0.29, 0.717) is 18.7 Å². The minimum atomic E-state index is -0.570. The molecule has 0 aliphatic rings. The van der Waals surface area contributed by atoms with Crippen LogP contribution in [-0.4, -0.2) is 24.2 Å². The van der Waals surface area contributed by atoms with Gasteiger partial charge in [-0.15, -0.1) is 0 Å². The van der Waals surface area contributed by atoms with Crippen LogP contribution in [-0.2, 0) is 11.2 Å². The van der Waals surface area contributed by atoms with E-state index in [4.69, 9.17) is 4.74 Å². The number of nitrogens with one attached hydrogen (secondary N) is 1. The normalized spacial score (nSPS) is 11.7. The summed E-state index contributed by atoms with van der Waals surface area (Å²) >= 11 is 0. The molecule has 4 heteroatoms. The number of hydrogen-bond donors (Lipinski definition) is 2. The lowest BCUT2D eigenvalue weighted by Crippen LogP contribution is -2.30. The summed E-state index contributed by atoms with van der Waals surface area (Å²) in [7, 11) is 0. The molecule has 4 nitrogen and oxygen atoms in total. The highest BCUT2D eigenvalue weighted by Gasteiger charge is 2.08. The predicted octanol–water partition coefficient (Wildman–Crippen LogP) is 2.87. The molecule has 1 amide bonds. The van der Waals surface area contributed by atoms with E-state index >= 15 is 0 Å². The third kappa shape index (κ3) is 5.75. The smallest absolute Gasteiger partial charge is 0.257 e. The molecule has 122 valence electrons. The monoisotopic (exact) mass is 313 g/mol. The highest BCUT2D eigenvalue weighted by molar-refractivity contribution is 5.77. The van der Waals surface area contributed by atoms with E-state index in [9.17, 15) is 9.90 Å². The number of amides is 1. The number of ether oxygens (including phenoxy) is 1. The van der Waals surface area contributed by atoms with Crippen molar-refractivity contribution in [1.82, 2.24) is 5.32 Å². The molecule has 1 atom stereocenters. The van der Waals surface area contributed by atoms with Gasteiger partial charge < -0.3 is 15.2 Å². The predicted molar refractivity (Wildman–Crippen MR) is 90.3 cm³/mol. The molecule has 0 spiro atoms. The number of aryl methyl sites for hydroxylation is 1. The Hall–Kier alpha value is -2.33. The van der Waals surface area contributed by atoms with E-state index in [1.54, 1.807) is 0 Å². The third-order valence-corrected chi connectivity index (χ3v) is 3.63. The molecule has 2 aromatic rings. The van der Waals surface area contributed by atoms with Gasteiger partial charge in [0.2, 0.25) is 0 Å². The number of aliphatic hydroxyl groups excluding tert-OH is 1. The first kappa shape index (κ1) is 17.0. The fourth-order valence-electron chi connectivity index (χ4n) is 2.21. The summed E-state index contributed by atoms with van der Waals surface area (Å²) < 4.78 is 5.43. The topological polar surface area (TPSA) is 58.6 Å². The van der Waals surface area contributed by atoms with Crippen LogP contribution in [0, 0.1) is 0 Å². The Morgan fingerprint density at radius 3 is 2.48 bits per heavy atom. The third-order valence-electron chi connectivity index (χ3n) is 3.63. The van der Waals surface area contributed by atoms with Crippen molar-refractivity contribution in [1.29, 1.82) is 0 Å². The second-order valence-corrected chi connectivity index (χ2v) is 5.35. The molecule has 0 saturated heterocycles. The molecule has 1 unspecified atom stereocenters. The zero-order valence-electron chi connectivity index (χ0n) is 13.4. The number of carbonyl (C=O) groups excluding carboxylic acids is 1. The lowest BCUT2D eigenvalue weighted by Gasteiger charge is -2.12. The Morgan fingerprint density at radius 1 is 1.13 bits per heavy atom. The van der Waals surface area contributed by atoms with Gasteiger partial charge in [-0.05, 0) is 36.1 Å². The van der Waals surface area contributed by atoms with Crippen LogP contribution in [0.4, 0.5) is 0 Å². The molecule has 2 aromatic carbocycles. The molecule has 0 heterocycles. The van der Waals surface area contributed by atoms with Crippen molar-refractivity contribution in [2.45, 2.75) is 25.9 Å². The van der Waals surface area contributed by atoms with Crippen molar-refractivity contribution in [3.63, 3.8) is 0 Å². The number of rotatable bonds is 8. The molecular formula is C19H23NO3. The number of aliphatic hydroxyl groups is 1. The van der Waals surface area contributed by atoms with Crippen LogP contribution in [0.3, 0.4) is 0 Å². The maximum Gasteiger partial charge on any atom is 0.257 e. The van der Waals surface area contributed by atoms with Gasteiger partial charge in [0.15, 0.2) is 6.61 Å². The molecule has 0 saturated carbocycles. The first-order valence-electron chi connectivity index (χ1n) is 7.90. The average Bonchev–Trinajstić information content (AvgIpc) is 2.61. The minimum Gasteiger partial charge on any atom is -0.484 e. The van der Waals surface area contributed by atoms with E-state index in [1.165, 1.54) is 5.56 Å². The molecule has 0 fully saturated rings. The van der Waals surface area contributed by atoms with Crippen LogP contribution in [0.15, 0.2) is 54.6 Å². The fourth-order valence-corrected chi connectivity index (χ4v) is 2.21. The zero-order valence-corrected chi connectivity index (χ0v) is 13.4. The highest BCUT2D eigenvalue weighted by atomic mass is 16.5. The maximum absolute atomic E-state index is 11.7. The van der Waals surface area contributed by atoms with Crippen LogP contribution in [0.1, 0.15) is 30.6 Å². The Labute approximate surface area is 137 Å². The summed E-state index contributed by atoms with van der Waals surface area (Å²) in [5, 5.41) is 12.8. The molecule has 0 bridgehead atoms. The SMILES string of the molecule is CCc1ccc(OCC(=O)NCCC(O)c2ccccc2)cc1. The Morgan fingerprint density at radius 2 is 1.83 bits per heavy atom. The molecule has 0 aliphatic carbocycles. The molecule has 0 aromatic heterocycles. The van der Waals surface area contributed by atoms with Gasteiger partial charge >= 0.3 is 0 Å². The average molecular weight is 313 g/mol. The molecule has 2 rings (SSSR count). The van der Waals surface area contributed by atoms with E-state index in [-0.39, 0.29) is 12.5 Å². The molecule has 0 aliphatic heterocycles. The fraction of sp³-hybridized carbons (Fsp3) is 0.316. The van der Waals surface area contributed by atoms with Crippen molar-refractivity contribution < 1.29 is 14.6 Å². The van der Waals surface area contributed by atoms with Crippen molar-refractivity contribution in [2.75, 3.05) is 13.2 Å². The van der Waals surface area contributed by atoms with E-state index < -0.39 is 6.10 Å². The van der Waals surface area contributed by atoms with Gasteiger partial charge in [-0.25, -0.2) is 0 Å². The molecular weight excluding hydrogens is 290 g/mol. The quantitative estimate of drug-likeness (QED) is 0.788. The second-order valence-electron chi connectivity index (χ2n) is 5.35.